The maximum atomic E-state index is 12.2. The maximum absolute atomic E-state index is 12.2. The van der Waals surface area contributed by atoms with Crippen molar-refractivity contribution in [2.24, 2.45) is 5.73 Å². The lowest BCUT2D eigenvalue weighted by Crippen LogP contribution is -2.46. The van der Waals surface area contributed by atoms with Gasteiger partial charge in [-0.15, -0.1) is 0 Å². The molecule has 1 aliphatic heterocycles. The lowest BCUT2D eigenvalue weighted by atomic mass is 10.0. The highest BCUT2D eigenvalue weighted by Crippen LogP contribution is 2.21. The standard InChI is InChI=1S/C20H26N4O3/c1-14-2-4-15(5-3-14)17-12-22-20(27-17)7-6-19(26)23-16-8-10-24(11-9-16)13-18(21)25/h2-5,12,16H,6-11,13H2,1H3,(H2,21,25)(H,23,26). The first-order chi connectivity index (χ1) is 13.0. The molecule has 27 heavy (non-hydrogen) atoms. The summed E-state index contributed by atoms with van der Waals surface area (Å²) in [4.78, 5) is 29.4. The summed E-state index contributed by atoms with van der Waals surface area (Å²) in [5.41, 5.74) is 7.38. The van der Waals surface area contributed by atoms with Gasteiger partial charge in [-0.25, -0.2) is 4.98 Å². The quantitative estimate of drug-likeness (QED) is 0.772. The molecule has 2 heterocycles. The van der Waals surface area contributed by atoms with E-state index in [0.29, 0.717) is 24.5 Å². The molecular formula is C20H26N4O3. The molecule has 1 aromatic carbocycles. The monoisotopic (exact) mass is 370 g/mol. The molecule has 2 amide bonds. The summed E-state index contributed by atoms with van der Waals surface area (Å²) in [6.07, 6.45) is 4.17. The van der Waals surface area contributed by atoms with Crippen molar-refractivity contribution in [2.45, 2.75) is 38.6 Å². The minimum absolute atomic E-state index is 0.00145. The third-order valence-electron chi connectivity index (χ3n) is 4.79. The summed E-state index contributed by atoms with van der Waals surface area (Å²) >= 11 is 0. The highest BCUT2D eigenvalue weighted by Gasteiger charge is 2.21. The van der Waals surface area contributed by atoms with Crippen LogP contribution in [0.1, 0.15) is 30.7 Å². The van der Waals surface area contributed by atoms with Crippen molar-refractivity contribution in [2.75, 3.05) is 19.6 Å². The Balaban J connectivity index is 1.42. The van der Waals surface area contributed by atoms with Crippen molar-refractivity contribution in [3.05, 3.63) is 41.9 Å². The van der Waals surface area contributed by atoms with Crippen LogP contribution in [0.2, 0.25) is 0 Å². The molecule has 1 aromatic heterocycles. The molecule has 144 valence electrons. The largest absolute Gasteiger partial charge is 0.441 e. The lowest BCUT2D eigenvalue weighted by Gasteiger charge is -2.31. The number of primary amides is 1. The molecule has 7 heteroatoms. The zero-order valence-electron chi connectivity index (χ0n) is 15.6. The van der Waals surface area contributed by atoms with Gasteiger partial charge in [-0.3, -0.25) is 14.5 Å². The minimum atomic E-state index is -0.312. The van der Waals surface area contributed by atoms with Crippen LogP contribution in [0.4, 0.5) is 0 Å². The zero-order chi connectivity index (χ0) is 19.2. The number of piperidine rings is 1. The Bertz CT molecular complexity index is 777. The number of aromatic nitrogens is 1. The van der Waals surface area contributed by atoms with E-state index in [4.69, 9.17) is 10.2 Å². The maximum Gasteiger partial charge on any atom is 0.231 e. The molecule has 0 aliphatic carbocycles. The number of aryl methyl sites for hydroxylation is 2. The molecule has 0 radical (unpaired) electrons. The molecule has 1 saturated heterocycles. The van der Waals surface area contributed by atoms with Crippen LogP contribution in [0.15, 0.2) is 34.9 Å². The number of hydrogen-bond donors (Lipinski definition) is 2. The van der Waals surface area contributed by atoms with E-state index in [1.165, 1.54) is 5.56 Å². The highest BCUT2D eigenvalue weighted by atomic mass is 16.4. The lowest BCUT2D eigenvalue weighted by molar-refractivity contribution is -0.123. The second kappa shape index (κ2) is 8.81. The second-order valence-electron chi connectivity index (χ2n) is 7.07. The van der Waals surface area contributed by atoms with Gasteiger partial charge < -0.3 is 15.5 Å². The molecule has 2 aromatic rings. The van der Waals surface area contributed by atoms with Crippen molar-refractivity contribution in [3.63, 3.8) is 0 Å². The summed E-state index contributed by atoms with van der Waals surface area (Å²) < 4.78 is 5.76. The van der Waals surface area contributed by atoms with Gasteiger partial charge in [0.15, 0.2) is 11.7 Å². The van der Waals surface area contributed by atoms with Crippen molar-refractivity contribution in [3.8, 4) is 11.3 Å². The normalized spacial score (nSPS) is 15.6. The first kappa shape index (κ1) is 19.1. The van der Waals surface area contributed by atoms with E-state index in [9.17, 15) is 9.59 Å². The van der Waals surface area contributed by atoms with Gasteiger partial charge in [0.1, 0.15) is 0 Å². The van der Waals surface area contributed by atoms with Crippen LogP contribution in [-0.2, 0) is 16.0 Å². The van der Waals surface area contributed by atoms with Gasteiger partial charge in [0.05, 0.1) is 12.7 Å². The highest BCUT2D eigenvalue weighted by molar-refractivity contribution is 5.76. The van der Waals surface area contributed by atoms with E-state index in [2.05, 4.69) is 10.3 Å². The Morgan fingerprint density at radius 3 is 2.63 bits per heavy atom. The molecule has 0 bridgehead atoms. The minimum Gasteiger partial charge on any atom is -0.441 e. The van der Waals surface area contributed by atoms with Crippen LogP contribution >= 0.6 is 0 Å². The molecular weight excluding hydrogens is 344 g/mol. The van der Waals surface area contributed by atoms with Crippen molar-refractivity contribution < 1.29 is 14.0 Å². The molecule has 1 aliphatic rings. The van der Waals surface area contributed by atoms with E-state index in [-0.39, 0.29) is 24.4 Å². The molecule has 0 unspecified atom stereocenters. The molecule has 3 rings (SSSR count). The summed E-state index contributed by atoms with van der Waals surface area (Å²) in [6.45, 7) is 3.87. The van der Waals surface area contributed by atoms with Crippen LogP contribution in [0.25, 0.3) is 11.3 Å². The summed E-state index contributed by atoms with van der Waals surface area (Å²) in [5, 5.41) is 3.06. The predicted molar refractivity (Wildman–Crippen MR) is 102 cm³/mol. The summed E-state index contributed by atoms with van der Waals surface area (Å²) in [6, 6.07) is 8.20. The number of nitrogens with zero attached hydrogens (tertiary/aromatic N) is 2. The Labute approximate surface area is 158 Å². The van der Waals surface area contributed by atoms with Gasteiger partial charge in [0.2, 0.25) is 11.8 Å². The van der Waals surface area contributed by atoms with Gasteiger partial charge in [0.25, 0.3) is 0 Å². The number of likely N-dealkylation sites (tertiary alicyclic amines) is 1. The first-order valence-electron chi connectivity index (χ1n) is 9.31. The summed E-state index contributed by atoms with van der Waals surface area (Å²) in [5.74, 6) is 0.969. The Hall–Kier alpha value is -2.67. The van der Waals surface area contributed by atoms with E-state index in [1.807, 2.05) is 36.1 Å². The van der Waals surface area contributed by atoms with Crippen LogP contribution in [-0.4, -0.2) is 47.4 Å². The number of carbonyl (C=O) groups is 2. The number of rotatable bonds is 7. The van der Waals surface area contributed by atoms with E-state index < -0.39 is 0 Å². The van der Waals surface area contributed by atoms with Crippen molar-refractivity contribution in [1.29, 1.82) is 0 Å². The first-order valence-corrected chi connectivity index (χ1v) is 9.31. The molecule has 0 atom stereocenters. The van der Waals surface area contributed by atoms with Crippen molar-refractivity contribution >= 4 is 11.8 Å². The van der Waals surface area contributed by atoms with Gasteiger partial charge in [-0.2, -0.15) is 0 Å². The van der Waals surface area contributed by atoms with Gasteiger partial charge in [0, 0.05) is 37.5 Å². The van der Waals surface area contributed by atoms with Crippen LogP contribution < -0.4 is 11.1 Å². The van der Waals surface area contributed by atoms with Crippen LogP contribution in [0.5, 0.6) is 0 Å². The zero-order valence-corrected chi connectivity index (χ0v) is 15.6. The fourth-order valence-corrected chi connectivity index (χ4v) is 3.25. The number of nitrogens with two attached hydrogens (primary N) is 1. The number of hydrogen-bond acceptors (Lipinski definition) is 5. The summed E-state index contributed by atoms with van der Waals surface area (Å²) in [7, 11) is 0. The number of nitrogens with one attached hydrogen (secondary N) is 1. The molecule has 7 nitrogen and oxygen atoms in total. The van der Waals surface area contributed by atoms with Crippen LogP contribution in [0, 0.1) is 6.92 Å². The Morgan fingerprint density at radius 1 is 1.26 bits per heavy atom. The van der Waals surface area contributed by atoms with E-state index in [1.54, 1.807) is 6.20 Å². The fourth-order valence-electron chi connectivity index (χ4n) is 3.25. The fraction of sp³-hybridized carbons (Fsp3) is 0.450. The third kappa shape index (κ3) is 5.65. The molecule has 3 N–H and O–H groups in total. The van der Waals surface area contributed by atoms with Crippen LogP contribution in [0.3, 0.4) is 0 Å². The van der Waals surface area contributed by atoms with Crippen molar-refractivity contribution in [1.82, 2.24) is 15.2 Å². The molecule has 1 fully saturated rings. The number of amides is 2. The topological polar surface area (TPSA) is 101 Å². The van der Waals surface area contributed by atoms with E-state index >= 15 is 0 Å². The Morgan fingerprint density at radius 2 is 1.96 bits per heavy atom. The van der Waals surface area contributed by atoms with Gasteiger partial charge >= 0.3 is 0 Å². The second-order valence-corrected chi connectivity index (χ2v) is 7.07. The average molecular weight is 370 g/mol. The van der Waals surface area contributed by atoms with Gasteiger partial charge in [-0.1, -0.05) is 29.8 Å². The molecule has 0 spiro atoms. The SMILES string of the molecule is Cc1ccc(-c2cnc(CCC(=O)NC3CCN(CC(N)=O)CC3)o2)cc1. The predicted octanol–water partition coefficient (Wildman–Crippen LogP) is 1.65. The van der Waals surface area contributed by atoms with Gasteiger partial charge in [-0.05, 0) is 19.8 Å². The van der Waals surface area contributed by atoms with E-state index in [0.717, 1.165) is 31.5 Å². The Kier molecular flexibility index (Phi) is 6.24. The molecule has 0 saturated carbocycles. The number of oxazole rings is 1. The number of benzene rings is 1. The smallest absolute Gasteiger partial charge is 0.231 e. The average Bonchev–Trinajstić information content (AvgIpc) is 3.11. The third-order valence-corrected chi connectivity index (χ3v) is 4.79. The number of carbonyl (C=O) groups excluding carboxylic acids is 2.